The van der Waals surface area contributed by atoms with Gasteiger partial charge in [-0.3, -0.25) is 0 Å². The lowest BCUT2D eigenvalue weighted by Crippen LogP contribution is -2.10. The number of hydrogen-bond donors (Lipinski definition) is 0. The van der Waals surface area contributed by atoms with Crippen LogP contribution in [0.25, 0.3) is 82.5 Å². The normalized spacial score (nSPS) is 11.6. The van der Waals surface area contributed by atoms with Crippen molar-refractivity contribution in [2.24, 2.45) is 0 Å². The maximum atomic E-state index is 6.61. The van der Waals surface area contributed by atoms with Gasteiger partial charge in [-0.15, -0.1) is 0 Å². The van der Waals surface area contributed by atoms with E-state index in [0.29, 0.717) is 0 Å². The summed E-state index contributed by atoms with van der Waals surface area (Å²) in [4.78, 5) is 2.36. The molecule has 0 fully saturated rings. The highest BCUT2D eigenvalue weighted by atomic mass is 16.3. The van der Waals surface area contributed by atoms with Crippen LogP contribution in [0.3, 0.4) is 0 Å². The average Bonchev–Trinajstić information content (AvgIpc) is 3.81. The predicted molar refractivity (Wildman–Crippen MR) is 231 cm³/mol. The minimum absolute atomic E-state index is 0.909. The Balaban J connectivity index is 1.06. The van der Waals surface area contributed by atoms with Gasteiger partial charge in [0.05, 0.1) is 11.0 Å². The van der Waals surface area contributed by atoms with Gasteiger partial charge in [-0.25, -0.2) is 0 Å². The van der Waals surface area contributed by atoms with E-state index in [2.05, 4.69) is 216 Å². The molecule has 3 nitrogen and oxygen atoms in total. The first-order chi connectivity index (χ1) is 27.3. The van der Waals surface area contributed by atoms with Crippen molar-refractivity contribution in [3.05, 3.63) is 206 Å². The van der Waals surface area contributed by atoms with Crippen LogP contribution in [-0.2, 0) is 0 Å². The zero-order chi connectivity index (χ0) is 36.3. The molecular formula is C52H34N2O. The Bertz CT molecular complexity index is 3180. The molecule has 0 unspecified atom stereocenters. The van der Waals surface area contributed by atoms with Crippen LogP contribution in [0.1, 0.15) is 0 Å². The molecule has 55 heavy (non-hydrogen) atoms. The number of anilines is 3. The van der Waals surface area contributed by atoms with Crippen LogP contribution < -0.4 is 4.90 Å². The monoisotopic (exact) mass is 702 g/mol. The Morgan fingerprint density at radius 3 is 1.76 bits per heavy atom. The molecule has 0 radical (unpaired) electrons. The second-order valence-electron chi connectivity index (χ2n) is 14.1. The second kappa shape index (κ2) is 12.6. The van der Waals surface area contributed by atoms with Gasteiger partial charge in [0, 0.05) is 49.9 Å². The van der Waals surface area contributed by atoms with Crippen LogP contribution in [0, 0.1) is 0 Å². The first-order valence-corrected chi connectivity index (χ1v) is 18.8. The predicted octanol–water partition coefficient (Wildman–Crippen LogP) is 14.6. The smallest absolute Gasteiger partial charge is 0.143 e. The summed E-state index contributed by atoms with van der Waals surface area (Å²) in [6.07, 6.45) is 0. The third kappa shape index (κ3) is 5.13. The lowest BCUT2D eigenvalue weighted by Gasteiger charge is -2.26. The lowest BCUT2D eigenvalue weighted by molar-refractivity contribution is 0.670. The molecule has 0 aliphatic carbocycles. The van der Waals surface area contributed by atoms with Crippen LogP contribution in [0.5, 0.6) is 0 Å². The summed E-state index contributed by atoms with van der Waals surface area (Å²) in [6.45, 7) is 0. The third-order valence-electron chi connectivity index (χ3n) is 11.0. The van der Waals surface area contributed by atoms with Crippen molar-refractivity contribution in [2.75, 3.05) is 4.90 Å². The zero-order valence-electron chi connectivity index (χ0n) is 29.9. The Morgan fingerprint density at radius 2 is 0.982 bits per heavy atom. The molecule has 9 aromatic carbocycles. The molecule has 0 bridgehead atoms. The summed E-state index contributed by atoms with van der Waals surface area (Å²) in [5.41, 5.74) is 13.2. The Labute approximate surface area is 318 Å². The van der Waals surface area contributed by atoms with Gasteiger partial charge in [-0.2, -0.15) is 0 Å². The minimum Gasteiger partial charge on any atom is -0.455 e. The highest BCUT2D eigenvalue weighted by molar-refractivity contribution is 6.20. The van der Waals surface area contributed by atoms with E-state index in [0.717, 1.165) is 50.4 Å². The summed E-state index contributed by atoms with van der Waals surface area (Å²) in [6, 6.07) is 73.8. The topological polar surface area (TPSA) is 21.3 Å². The molecule has 2 heterocycles. The molecule has 258 valence electrons. The fourth-order valence-electron chi connectivity index (χ4n) is 8.42. The number of rotatable bonds is 6. The van der Waals surface area contributed by atoms with E-state index < -0.39 is 0 Å². The number of nitrogens with zero attached hydrogens (tertiary/aromatic N) is 2. The third-order valence-corrected chi connectivity index (χ3v) is 11.0. The summed E-state index contributed by atoms with van der Waals surface area (Å²) in [5.74, 6) is 0. The molecule has 3 heteroatoms. The van der Waals surface area contributed by atoms with Crippen molar-refractivity contribution in [1.29, 1.82) is 0 Å². The summed E-state index contributed by atoms with van der Waals surface area (Å²) in [5, 5.41) is 7.17. The fourth-order valence-corrected chi connectivity index (χ4v) is 8.42. The molecule has 0 saturated carbocycles. The first-order valence-electron chi connectivity index (χ1n) is 18.8. The van der Waals surface area contributed by atoms with E-state index in [4.69, 9.17) is 4.42 Å². The van der Waals surface area contributed by atoms with E-state index in [1.54, 1.807) is 0 Å². The zero-order valence-corrected chi connectivity index (χ0v) is 29.9. The van der Waals surface area contributed by atoms with Gasteiger partial charge < -0.3 is 13.9 Å². The fraction of sp³-hybridized carbons (Fsp3) is 0. The van der Waals surface area contributed by atoms with Crippen LogP contribution in [0.15, 0.2) is 211 Å². The van der Waals surface area contributed by atoms with Crippen LogP contribution in [-0.4, -0.2) is 4.57 Å². The molecule has 0 amide bonds. The van der Waals surface area contributed by atoms with Gasteiger partial charge in [0.1, 0.15) is 11.2 Å². The molecule has 0 aliphatic heterocycles. The van der Waals surface area contributed by atoms with E-state index in [1.165, 1.54) is 49.1 Å². The van der Waals surface area contributed by atoms with Crippen molar-refractivity contribution < 1.29 is 4.42 Å². The average molecular weight is 703 g/mol. The van der Waals surface area contributed by atoms with Crippen LogP contribution in [0.2, 0.25) is 0 Å². The van der Waals surface area contributed by atoms with E-state index in [1.807, 2.05) is 0 Å². The second-order valence-corrected chi connectivity index (χ2v) is 14.1. The molecule has 11 rings (SSSR count). The first kappa shape index (κ1) is 31.2. The minimum atomic E-state index is 0.909. The van der Waals surface area contributed by atoms with Gasteiger partial charge in [-0.05, 0) is 94.2 Å². The maximum Gasteiger partial charge on any atom is 0.143 e. The molecule has 0 spiro atoms. The van der Waals surface area contributed by atoms with Gasteiger partial charge in [0.25, 0.3) is 0 Å². The number of hydrogen-bond acceptors (Lipinski definition) is 2. The Hall–Kier alpha value is -7.36. The van der Waals surface area contributed by atoms with Crippen molar-refractivity contribution in [3.63, 3.8) is 0 Å². The van der Waals surface area contributed by atoms with Crippen molar-refractivity contribution in [3.8, 4) is 27.9 Å². The SMILES string of the molecule is c1ccc(-c2ccc(N(c3ccc(-c4cccc5c4oc4ccc6ccccc6c45)cc3)c3ccc4c(c3)c3ccccc3n4-c3ccccc3)cc2)cc1. The van der Waals surface area contributed by atoms with Crippen LogP contribution in [0.4, 0.5) is 17.1 Å². The molecule has 2 aromatic heterocycles. The number of para-hydroxylation sites is 3. The summed E-state index contributed by atoms with van der Waals surface area (Å²) < 4.78 is 8.97. The van der Waals surface area contributed by atoms with Gasteiger partial charge in [0.15, 0.2) is 0 Å². The Kier molecular flexibility index (Phi) is 7.17. The highest BCUT2D eigenvalue weighted by Gasteiger charge is 2.19. The van der Waals surface area contributed by atoms with Crippen LogP contribution >= 0.6 is 0 Å². The van der Waals surface area contributed by atoms with E-state index in [-0.39, 0.29) is 0 Å². The molecule has 0 N–H and O–H groups in total. The van der Waals surface area contributed by atoms with Gasteiger partial charge in [0.2, 0.25) is 0 Å². The highest BCUT2D eigenvalue weighted by Crippen LogP contribution is 2.43. The molecule has 11 aromatic rings. The number of aromatic nitrogens is 1. The largest absolute Gasteiger partial charge is 0.455 e. The van der Waals surface area contributed by atoms with Gasteiger partial charge >= 0.3 is 0 Å². The van der Waals surface area contributed by atoms with Crippen molar-refractivity contribution >= 4 is 71.6 Å². The number of furan rings is 1. The molecular weight excluding hydrogens is 669 g/mol. The number of benzene rings is 9. The van der Waals surface area contributed by atoms with Crippen molar-refractivity contribution in [2.45, 2.75) is 0 Å². The lowest BCUT2D eigenvalue weighted by atomic mass is 9.99. The maximum absolute atomic E-state index is 6.61. The Morgan fingerprint density at radius 1 is 0.382 bits per heavy atom. The van der Waals surface area contributed by atoms with Crippen molar-refractivity contribution in [1.82, 2.24) is 4.57 Å². The standard InChI is InChI=1S/C52H34N2O/c1-3-12-35(13-4-1)36-22-27-40(28-23-36)53(42-31-32-49-47(34-42)45-18-9-10-21-48(45)54(49)39-15-5-2-6-16-39)41-29-24-38(25-30-41)44-19-11-20-46-51-43-17-8-7-14-37(43)26-33-50(51)55-52(44)46/h1-34H. The quantitative estimate of drug-likeness (QED) is 0.172. The molecule has 0 saturated heterocycles. The van der Waals surface area contributed by atoms with Gasteiger partial charge in [-0.1, -0.05) is 140 Å². The summed E-state index contributed by atoms with van der Waals surface area (Å²) >= 11 is 0. The van der Waals surface area contributed by atoms with E-state index in [9.17, 15) is 0 Å². The number of fused-ring (bicyclic) bond motifs is 8. The van der Waals surface area contributed by atoms with E-state index >= 15 is 0 Å². The summed E-state index contributed by atoms with van der Waals surface area (Å²) in [7, 11) is 0. The molecule has 0 atom stereocenters. The molecule has 0 aliphatic rings.